The fourth-order valence-corrected chi connectivity index (χ4v) is 2.23. The van der Waals surface area contributed by atoms with Crippen molar-refractivity contribution in [1.29, 1.82) is 0 Å². The van der Waals surface area contributed by atoms with Gasteiger partial charge in [-0.2, -0.15) is 0 Å². The highest BCUT2D eigenvalue weighted by Crippen LogP contribution is 2.26. The van der Waals surface area contributed by atoms with E-state index in [9.17, 15) is 4.79 Å². The van der Waals surface area contributed by atoms with Crippen LogP contribution in [-0.2, 0) is 4.79 Å². The molecule has 2 rings (SSSR count). The van der Waals surface area contributed by atoms with Gasteiger partial charge in [0, 0.05) is 16.5 Å². The van der Waals surface area contributed by atoms with Crippen LogP contribution in [0.25, 0.3) is 5.57 Å². The van der Waals surface area contributed by atoms with Gasteiger partial charge < -0.3 is 5.11 Å². The molecule has 80 valence electrons. The van der Waals surface area contributed by atoms with Gasteiger partial charge in [-0.05, 0) is 17.0 Å². The second-order valence-corrected chi connectivity index (χ2v) is 4.19. The highest BCUT2D eigenvalue weighted by Gasteiger charge is 2.07. The fourth-order valence-electron chi connectivity index (χ4n) is 1.47. The molecule has 0 unspecified atom stereocenters. The minimum atomic E-state index is -0.924. The van der Waals surface area contributed by atoms with Crippen LogP contribution in [-0.4, -0.2) is 11.1 Å². The van der Waals surface area contributed by atoms with Gasteiger partial charge in [0.15, 0.2) is 0 Å². The van der Waals surface area contributed by atoms with Crippen LogP contribution < -0.4 is 0 Å². The normalized spacial score (nSPS) is 11.4. The lowest BCUT2D eigenvalue weighted by molar-refractivity contribution is -0.131. The minimum Gasteiger partial charge on any atom is -0.478 e. The fraction of sp³-hybridized carbons (Fsp3) is 0. The summed E-state index contributed by atoms with van der Waals surface area (Å²) >= 11 is 1.54. The first-order chi connectivity index (χ1) is 7.77. The Balaban J connectivity index is 2.49. The molecule has 0 aliphatic heterocycles. The van der Waals surface area contributed by atoms with Crippen molar-refractivity contribution in [2.24, 2.45) is 0 Å². The lowest BCUT2D eigenvalue weighted by Gasteiger charge is -2.03. The van der Waals surface area contributed by atoms with E-state index in [1.54, 1.807) is 0 Å². The molecule has 0 amide bonds. The SMILES string of the molecule is O=C(O)/C=C(/c1ccccc1)c1cccs1. The molecule has 2 nitrogen and oxygen atoms in total. The van der Waals surface area contributed by atoms with Crippen molar-refractivity contribution < 1.29 is 9.90 Å². The summed E-state index contributed by atoms with van der Waals surface area (Å²) in [6.45, 7) is 0. The highest BCUT2D eigenvalue weighted by atomic mass is 32.1. The number of carboxylic acids is 1. The summed E-state index contributed by atoms with van der Waals surface area (Å²) in [5, 5.41) is 10.8. The number of hydrogen-bond donors (Lipinski definition) is 1. The molecular weight excluding hydrogens is 220 g/mol. The zero-order valence-electron chi connectivity index (χ0n) is 8.46. The second kappa shape index (κ2) is 4.77. The van der Waals surface area contributed by atoms with E-state index in [0.29, 0.717) is 0 Å². The standard InChI is InChI=1S/C13H10O2S/c14-13(15)9-11(12-7-4-8-16-12)10-5-2-1-3-6-10/h1-9H,(H,14,15)/b11-9-. The Morgan fingerprint density at radius 3 is 2.44 bits per heavy atom. The van der Waals surface area contributed by atoms with Gasteiger partial charge in [-0.3, -0.25) is 0 Å². The van der Waals surface area contributed by atoms with Crippen LogP contribution in [0.5, 0.6) is 0 Å². The van der Waals surface area contributed by atoms with Crippen molar-refractivity contribution in [2.75, 3.05) is 0 Å². The third-order valence-electron chi connectivity index (χ3n) is 2.14. The quantitative estimate of drug-likeness (QED) is 0.822. The topological polar surface area (TPSA) is 37.3 Å². The molecule has 1 N–H and O–H groups in total. The third-order valence-corrected chi connectivity index (χ3v) is 3.04. The zero-order valence-corrected chi connectivity index (χ0v) is 9.28. The molecule has 3 heteroatoms. The lowest BCUT2D eigenvalue weighted by atomic mass is 10.0. The summed E-state index contributed by atoms with van der Waals surface area (Å²) in [4.78, 5) is 11.8. The molecule has 0 aliphatic carbocycles. The van der Waals surface area contributed by atoms with E-state index in [-0.39, 0.29) is 0 Å². The van der Waals surface area contributed by atoms with Gasteiger partial charge in [0.05, 0.1) is 0 Å². The Morgan fingerprint density at radius 2 is 1.88 bits per heavy atom. The smallest absolute Gasteiger partial charge is 0.328 e. The van der Waals surface area contributed by atoms with Crippen molar-refractivity contribution in [3.63, 3.8) is 0 Å². The number of aliphatic carboxylic acids is 1. The number of carbonyl (C=O) groups is 1. The maximum absolute atomic E-state index is 10.8. The molecule has 1 heterocycles. The Morgan fingerprint density at radius 1 is 1.12 bits per heavy atom. The van der Waals surface area contributed by atoms with Gasteiger partial charge in [0.25, 0.3) is 0 Å². The summed E-state index contributed by atoms with van der Waals surface area (Å²) in [5.41, 5.74) is 1.68. The first-order valence-corrected chi connectivity index (χ1v) is 5.69. The minimum absolute atomic E-state index is 0.753. The van der Waals surface area contributed by atoms with E-state index in [0.717, 1.165) is 16.0 Å². The largest absolute Gasteiger partial charge is 0.478 e. The summed E-state index contributed by atoms with van der Waals surface area (Å²) in [6, 6.07) is 13.4. The van der Waals surface area contributed by atoms with Crippen LogP contribution in [0.15, 0.2) is 53.9 Å². The predicted octanol–water partition coefficient (Wildman–Crippen LogP) is 3.26. The highest BCUT2D eigenvalue weighted by molar-refractivity contribution is 7.11. The van der Waals surface area contributed by atoms with E-state index >= 15 is 0 Å². The number of benzene rings is 1. The van der Waals surface area contributed by atoms with Crippen molar-refractivity contribution in [2.45, 2.75) is 0 Å². The number of carboxylic acid groups (broad SMARTS) is 1. The molecule has 0 bridgehead atoms. The number of hydrogen-bond acceptors (Lipinski definition) is 2. The second-order valence-electron chi connectivity index (χ2n) is 3.24. The Labute approximate surface area is 97.5 Å². The van der Waals surface area contributed by atoms with Crippen LogP contribution in [0.2, 0.25) is 0 Å². The molecular formula is C13H10O2S. The Hall–Kier alpha value is -1.87. The predicted molar refractivity (Wildman–Crippen MR) is 65.5 cm³/mol. The molecule has 1 aromatic carbocycles. The van der Waals surface area contributed by atoms with Gasteiger partial charge in [-0.1, -0.05) is 36.4 Å². The molecule has 2 aromatic rings. The first-order valence-electron chi connectivity index (χ1n) is 4.81. The van der Waals surface area contributed by atoms with E-state index in [4.69, 9.17) is 5.11 Å². The summed E-state index contributed by atoms with van der Waals surface area (Å²) in [6.07, 6.45) is 1.25. The van der Waals surface area contributed by atoms with E-state index < -0.39 is 5.97 Å². The molecule has 0 fully saturated rings. The Bertz CT molecular complexity index is 498. The van der Waals surface area contributed by atoms with Crippen LogP contribution in [0.3, 0.4) is 0 Å². The van der Waals surface area contributed by atoms with Gasteiger partial charge in [0.1, 0.15) is 0 Å². The molecule has 0 saturated carbocycles. The van der Waals surface area contributed by atoms with E-state index in [2.05, 4.69) is 0 Å². The van der Waals surface area contributed by atoms with Crippen molar-refractivity contribution in [3.8, 4) is 0 Å². The molecule has 0 radical (unpaired) electrons. The maximum Gasteiger partial charge on any atom is 0.328 e. The van der Waals surface area contributed by atoms with E-state index in [1.165, 1.54) is 17.4 Å². The average molecular weight is 230 g/mol. The number of thiophene rings is 1. The van der Waals surface area contributed by atoms with Gasteiger partial charge in [0.2, 0.25) is 0 Å². The maximum atomic E-state index is 10.8. The van der Waals surface area contributed by atoms with Crippen molar-refractivity contribution in [3.05, 3.63) is 64.4 Å². The summed E-state index contributed by atoms with van der Waals surface area (Å²) in [5.74, 6) is -0.924. The van der Waals surface area contributed by atoms with Crippen LogP contribution in [0, 0.1) is 0 Å². The monoisotopic (exact) mass is 230 g/mol. The van der Waals surface area contributed by atoms with Crippen LogP contribution >= 0.6 is 11.3 Å². The zero-order chi connectivity index (χ0) is 11.4. The van der Waals surface area contributed by atoms with Crippen LogP contribution in [0.4, 0.5) is 0 Å². The van der Waals surface area contributed by atoms with Crippen molar-refractivity contribution in [1.82, 2.24) is 0 Å². The molecule has 16 heavy (non-hydrogen) atoms. The lowest BCUT2D eigenvalue weighted by Crippen LogP contribution is -1.92. The molecule has 0 atom stereocenters. The molecule has 0 aliphatic rings. The summed E-state index contributed by atoms with van der Waals surface area (Å²) in [7, 11) is 0. The number of rotatable bonds is 3. The molecule has 0 saturated heterocycles. The van der Waals surface area contributed by atoms with Crippen molar-refractivity contribution >= 4 is 22.9 Å². The molecule has 0 spiro atoms. The van der Waals surface area contributed by atoms with Crippen LogP contribution in [0.1, 0.15) is 10.4 Å². The van der Waals surface area contributed by atoms with Gasteiger partial charge in [-0.15, -0.1) is 11.3 Å². The van der Waals surface area contributed by atoms with Gasteiger partial charge in [-0.25, -0.2) is 4.79 Å². The van der Waals surface area contributed by atoms with E-state index in [1.807, 2.05) is 47.8 Å². The Kier molecular flexibility index (Phi) is 3.17. The average Bonchev–Trinajstić information content (AvgIpc) is 2.80. The molecule has 1 aromatic heterocycles. The first kappa shape index (κ1) is 10.6. The van der Waals surface area contributed by atoms with Gasteiger partial charge >= 0.3 is 5.97 Å². The third kappa shape index (κ3) is 2.38. The summed E-state index contributed by atoms with van der Waals surface area (Å²) < 4.78 is 0.